The van der Waals surface area contributed by atoms with Crippen molar-refractivity contribution in [2.75, 3.05) is 20.3 Å². The van der Waals surface area contributed by atoms with Crippen molar-refractivity contribution in [2.45, 2.75) is 0 Å². The van der Waals surface area contributed by atoms with Gasteiger partial charge in [0.25, 0.3) is 0 Å². The molecule has 5 heteroatoms. The molecule has 0 saturated carbocycles. The van der Waals surface area contributed by atoms with E-state index >= 15 is 0 Å². The quantitative estimate of drug-likeness (QED) is 0.628. The summed E-state index contributed by atoms with van der Waals surface area (Å²) in [6, 6.07) is 10.9. The first-order valence-corrected chi connectivity index (χ1v) is 6.55. The zero-order valence-electron chi connectivity index (χ0n) is 11.7. The molecule has 0 unspecified atom stereocenters. The van der Waals surface area contributed by atoms with E-state index in [0.717, 1.165) is 0 Å². The first-order valence-electron chi connectivity index (χ1n) is 6.55. The van der Waals surface area contributed by atoms with Gasteiger partial charge in [0.05, 0.1) is 19.9 Å². The van der Waals surface area contributed by atoms with Crippen LogP contribution in [0.3, 0.4) is 0 Å². The van der Waals surface area contributed by atoms with E-state index < -0.39 is 0 Å². The Kier molecular flexibility index (Phi) is 5.46. The van der Waals surface area contributed by atoms with Crippen molar-refractivity contribution in [3.8, 4) is 11.5 Å². The zero-order valence-corrected chi connectivity index (χ0v) is 11.7. The van der Waals surface area contributed by atoms with Gasteiger partial charge < -0.3 is 19.2 Å². The molecule has 0 saturated heterocycles. The van der Waals surface area contributed by atoms with E-state index in [1.165, 1.54) is 6.08 Å². The van der Waals surface area contributed by atoms with Crippen molar-refractivity contribution in [2.24, 2.45) is 0 Å². The van der Waals surface area contributed by atoms with Crippen LogP contribution < -0.4 is 14.8 Å². The largest absolute Gasteiger partial charge is 0.493 e. The normalized spacial score (nSPS) is 10.5. The molecule has 1 heterocycles. The van der Waals surface area contributed by atoms with Crippen LogP contribution in [0.5, 0.6) is 11.5 Å². The molecule has 21 heavy (non-hydrogen) atoms. The second kappa shape index (κ2) is 7.79. The molecule has 1 amide bonds. The highest BCUT2D eigenvalue weighted by atomic mass is 16.5. The minimum absolute atomic E-state index is 0.199. The highest BCUT2D eigenvalue weighted by molar-refractivity contribution is 5.91. The van der Waals surface area contributed by atoms with E-state index in [1.54, 1.807) is 31.6 Å². The van der Waals surface area contributed by atoms with Crippen molar-refractivity contribution in [3.63, 3.8) is 0 Å². The molecule has 0 fully saturated rings. The van der Waals surface area contributed by atoms with Crippen LogP contribution in [0.25, 0.3) is 6.08 Å². The number of furan rings is 1. The molecule has 110 valence electrons. The number of hydrogen-bond donors (Lipinski definition) is 1. The summed E-state index contributed by atoms with van der Waals surface area (Å²) in [5.41, 5.74) is 0. The Hall–Kier alpha value is -2.69. The number of amides is 1. The summed E-state index contributed by atoms with van der Waals surface area (Å²) in [6.07, 6.45) is 4.58. The first-order chi connectivity index (χ1) is 10.3. The number of methoxy groups -OCH3 is 1. The lowest BCUT2D eigenvalue weighted by atomic mass is 10.3. The van der Waals surface area contributed by atoms with E-state index in [-0.39, 0.29) is 5.91 Å². The molecule has 1 aromatic carbocycles. The SMILES string of the molecule is COc1ccccc1OCCNC(=O)/C=C/c1ccco1. The van der Waals surface area contributed by atoms with E-state index in [4.69, 9.17) is 13.9 Å². The van der Waals surface area contributed by atoms with Gasteiger partial charge in [-0.25, -0.2) is 0 Å². The van der Waals surface area contributed by atoms with Crippen LogP contribution in [0.4, 0.5) is 0 Å². The second-order valence-electron chi connectivity index (χ2n) is 4.14. The number of para-hydroxylation sites is 2. The Morgan fingerprint density at radius 3 is 2.76 bits per heavy atom. The maximum absolute atomic E-state index is 11.6. The van der Waals surface area contributed by atoms with Gasteiger partial charge in [-0.05, 0) is 30.3 Å². The third-order valence-electron chi connectivity index (χ3n) is 2.67. The van der Waals surface area contributed by atoms with E-state index in [2.05, 4.69) is 5.32 Å². The highest BCUT2D eigenvalue weighted by Crippen LogP contribution is 2.25. The fourth-order valence-electron chi connectivity index (χ4n) is 1.68. The van der Waals surface area contributed by atoms with E-state index in [1.807, 2.05) is 24.3 Å². The van der Waals surface area contributed by atoms with E-state index in [9.17, 15) is 4.79 Å². The van der Waals surface area contributed by atoms with Crippen molar-refractivity contribution in [1.29, 1.82) is 0 Å². The topological polar surface area (TPSA) is 60.7 Å². The fourth-order valence-corrected chi connectivity index (χ4v) is 1.68. The van der Waals surface area contributed by atoms with Crippen LogP contribution in [0.1, 0.15) is 5.76 Å². The van der Waals surface area contributed by atoms with Crippen LogP contribution in [-0.4, -0.2) is 26.2 Å². The maximum Gasteiger partial charge on any atom is 0.244 e. The number of ether oxygens (including phenoxy) is 2. The monoisotopic (exact) mass is 287 g/mol. The lowest BCUT2D eigenvalue weighted by molar-refractivity contribution is -0.116. The smallest absolute Gasteiger partial charge is 0.244 e. The van der Waals surface area contributed by atoms with Gasteiger partial charge in [-0.3, -0.25) is 4.79 Å². The molecule has 2 aromatic rings. The number of hydrogen-bond acceptors (Lipinski definition) is 4. The van der Waals surface area contributed by atoms with Crippen LogP contribution >= 0.6 is 0 Å². The van der Waals surface area contributed by atoms with E-state index in [0.29, 0.717) is 30.4 Å². The molecular weight excluding hydrogens is 270 g/mol. The molecule has 0 aliphatic heterocycles. The molecule has 5 nitrogen and oxygen atoms in total. The molecule has 0 aliphatic carbocycles. The zero-order chi connectivity index (χ0) is 14.9. The average molecular weight is 287 g/mol. The predicted molar refractivity (Wildman–Crippen MR) is 79.2 cm³/mol. The molecule has 0 atom stereocenters. The number of carbonyl (C=O) groups excluding carboxylic acids is 1. The van der Waals surface area contributed by atoms with Gasteiger partial charge in [-0.1, -0.05) is 12.1 Å². The van der Waals surface area contributed by atoms with Gasteiger partial charge >= 0.3 is 0 Å². The number of nitrogens with one attached hydrogen (secondary N) is 1. The third-order valence-corrected chi connectivity index (χ3v) is 2.67. The van der Waals surface area contributed by atoms with Crippen molar-refractivity contribution in [3.05, 3.63) is 54.5 Å². The van der Waals surface area contributed by atoms with Crippen LogP contribution in [0, 0.1) is 0 Å². The predicted octanol–water partition coefficient (Wildman–Crippen LogP) is 2.50. The van der Waals surface area contributed by atoms with Gasteiger partial charge in [0.15, 0.2) is 11.5 Å². The molecule has 0 spiro atoms. The summed E-state index contributed by atoms with van der Waals surface area (Å²) in [5.74, 6) is 1.76. The number of benzene rings is 1. The van der Waals surface area contributed by atoms with Crippen molar-refractivity contribution >= 4 is 12.0 Å². The summed E-state index contributed by atoms with van der Waals surface area (Å²) in [4.78, 5) is 11.6. The maximum atomic E-state index is 11.6. The van der Waals surface area contributed by atoms with Crippen LogP contribution in [0.15, 0.2) is 53.2 Å². The first kappa shape index (κ1) is 14.7. The fraction of sp³-hybridized carbons (Fsp3) is 0.188. The van der Waals surface area contributed by atoms with Crippen LogP contribution in [-0.2, 0) is 4.79 Å². The van der Waals surface area contributed by atoms with Crippen molar-refractivity contribution < 1.29 is 18.7 Å². The molecule has 0 aliphatic rings. The Morgan fingerprint density at radius 1 is 1.24 bits per heavy atom. The molecule has 0 bridgehead atoms. The van der Waals surface area contributed by atoms with Crippen LogP contribution in [0.2, 0.25) is 0 Å². The lowest BCUT2D eigenvalue weighted by Crippen LogP contribution is -2.26. The Bertz CT molecular complexity index is 590. The Labute approximate surface area is 123 Å². The summed E-state index contributed by atoms with van der Waals surface area (Å²) in [6.45, 7) is 0.764. The minimum atomic E-state index is -0.199. The number of carbonyl (C=O) groups is 1. The molecule has 1 N–H and O–H groups in total. The second-order valence-corrected chi connectivity index (χ2v) is 4.14. The third kappa shape index (κ3) is 4.72. The standard InChI is InChI=1S/C16H17NO4/c1-19-14-6-2-3-7-15(14)21-12-10-17-16(18)9-8-13-5-4-11-20-13/h2-9,11H,10,12H2,1H3,(H,17,18)/b9-8+. The van der Waals surface area contributed by atoms with Gasteiger partial charge in [0.1, 0.15) is 12.4 Å². The molecular formula is C16H17NO4. The molecule has 0 radical (unpaired) electrons. The van der Waals surface area contributed by atoms with Gasteiger partial charge in [-0.15, -0.1) is 0 Å². The molecule has 2 rings (SSSR count). The van der Waals surface area contributed by atoms with Crippen molar-refractivity contribution in [1.82, 2.24) is 5.32 Å². The molecule has 1 aromatic heterocycles. The Balaban J connectivity index is 1.71. The highest BCUT2D eigenvalue weighted by Gasteiger charge is 2.02. The summed E-state index contributed by atoms with van der Waals surface area (Å²) >= 11 is 0. The minimum Gasteiger partial charge on any atom is -0.493 e. The number of rotatable bonds is 7. The lowest BCUT2D eigenvalue weighted by Gasteiger charge is -2.10. The summed E-state index contributed by atoms with van der Waals surface area (Å²) in [7, 11) is 1.59. The van der Waals surface area contributed by atoms with Gasteiger partial charge in [0, 0.05) is 6.08 Å². The van der Waals surface area contributed by atoms with Gasteiger partial charge in [-0.2, -0.15) is 0 Å². The Morgan fingerprint density at radius 2 is 2.05 bits per heavy atom. The van der Waals surface area contributed by atoms with Gasteiger partial charge in [0.2, 0.25) is 5.91 Å². The average Bonchev–Trinajstić information content (AvgIpc) is 3.03. The summed E-state index contributed by atoms with van der Waals surface area (Å²) < 4.78 is 15.8. The summed E-state index contributed by atoms with van der Waals surface area (Å²) in [5, 5.41) is 2.72.